The molecule has 0 aliphatic heterocycles. The molecule has 0 saturated heterocycles. The van der Waals surface area contributed by atoms with E-state index < -0.39 is 0 Å². The molecule has 0 atom stereocenters. The predicted octanol–water partition coefficient (Wildman–Crippen LogP) is 0.474. The van der Waals surface area contributed by atoms with Crippen molar-refractivity contribution in [1.82, 2.24) is 9.97 Å². The van der Waals surface area contributed by atoms with Crippen LogP contribution >= 0.6 is 0 Å². The van der Waals surface area contributed by atoms with Crippen LogP contribution in [0.4, 0.5) is 0 Å². The van der Waals surface area contributed by atoms with Crippen molar-refractivity contribution in [2.24, 2.45) is 0 Å². The van der Waals surface area contributed by atoms with Gasteiger partial charge >= 0.3 is 0 Å². The molecule has 1 heterocycles. The second-order valence-corrected chi connectivity index (χ2v) is 0.904. The summed E-state index contributed by atoms with van der Waals surface area (Å²) in [5, 5.41) is 0. The maximum Gasteiger partial charge on any atom is 0.115 e. The third-order valence-corrected chi connectivity index (χ3v) is 0.478. The van der Waals surface area contributed by atoms with Gasteiger partial charge < -0.3 is 0 Å². The van der Waals surface area contributed by atoms with Gasteiger partial charge in [-0.05, 0) is 6.07 Å². The first-order chi connectivity index (χ1) is 3.00. The first kappa shape index (κ1) is 6.77. The number of hydrogen-bond donors (Lipinski definition) is 0. The molecule has 0 unspecified atom stereocenters. The van der Waals surface area contributed by atoms with Crippen molar-refractivity contribution < 1.29 is 21.1 Å². The van der Waals surface area contributed by atoms with E-state index in [0.29, 0.717) is 0 Å². The van der Waals surface area contributed by atoms with Crippen LogP contribution in [0.2, 0.25) is 0 Å². The Morgan fingerprint density at radius 2 is 1.57 bits per heavy atom. The van der Waals surface area contributed by atoms with Crippen molar-refractivity contribution in [3.8, 4) is 0 Å². The van der Waals surface area contributed by atoms with Crippen molar-refractivity contribution in [2.45, 2.75) is 0 Å². The topological polar surface area (TPSA) is 25.8 Å². The van der Waals surface area contributed by atoms with Gasteiger partial charge in [0.25, 0.3) is 0 Å². The van der Waals surface area contributed by atoms with Crippen LogP contribution in [0.3, 0.4) is 0 Å². The molecule has 0 spiro atoms. The molecule has 0 aliphatic carbocycles. The van der Waals surface area contributed by atoms with E-state index in [0.717, 1.165) is 0 Å². The van der Waals surface area contributed by atoms with Crippen LogP contribution in [0.25, 0.3) is 0 Å². The average Bonchev–Trinajstić information content (AvgIpc) is 1.72. The van der Waals surface area contributed by atoms with Gasteiger partial charge in [0.05, 0.1) is 0 Å². The van der Waals surface area contributed by atoms with Gasteiger partial charge in [0.2, 0.25) is 0 Å². The molecule has 1 aromatic heterocycles. The third-order valence-electron chi connectivity index (χ3n) is 0.478. The summed E-state index contributed by atoms with van der Waals surface area (Å²) in [7, 11) is 0. The second-order valence-electron chi connectivity index (χ2n) is 0.904. The largest absolute Gasteiger partial charge is 0.245 e. The summed E-state index contributed by atoms with van der Waals surface area (Å²) in [6, 6.07) is 1.78. The van der Waals surface area contributed by atoms with Gasteiger partial charge in [-0.25, -0.2) is 9.97 Å². The molecule has 1 rings (SSSR count). The molecule has 40 valence electrons. The Morgan fingerprint density at radius 1 is 1.00 bits per heavy atom. The van der Waals surface area contributed by atoms with E-state index in [1.165, 1.54) is 6.33 Å². The minimum Gasteiger partial charge on any atom is -0.245 e. The molecule has 3 heteroatoms. The molecule has 0 bridgehead atoms. The molecule has 1 aromatic rings. The normalized spacial score (nSPS) is 6.86. The number of aromatic nitrogens is 2. The molecule has 0 amide bonds. The van der Waals surface area contributed by atoms with Crippen LogP contribution in [0.15, 0.2) is 24.8 Å². The van der Waals surface area contributed by atoms with Crippen LogP contribution in [-0.2, 0) is 21.1 Å². The van der Waals surface area contributed by atoms with E-state index in [9.17, 15) is 0 Å². The minimum atomic E-state index is 0. The van der Waals surface area contributed by atoms with Crippen molar-refractivity contribution in [3.63, 3.8) is 0 Å². The third kappa shape index (κ3) is 2.46. The predicted molar refractivity (Wildman–Crippen MR) is 22.0 cm³/mol. The van der Waals surface area contributed by atoms with E-state index in [-0.39, 0.29) is 21.1 Å². The fourth-order valence-corrected chi connectivity index (χ4v) is 0.253. The van der Waals surface area contributed by atoms with Gasteiger partial charge in [-0.3, -0.25) is 0 Å². The maximum absolute atomic E-state index is 3.67. The number of hydrogen-bond acceptors (Lipinski definition) is 2. The van der Waals surface area contributed by atoms with Crippen LogP contribution in [0, 0.1) is 0 Å². The van der Waals surface area contributed by atoms with Crippen LogP contribution in [0.1, 0.15) is 0 Å². The first-order valence-corrected chi connectivity index (χ1v) is 1.70. The van der Waals surface area contributed by atoms with Gasteiger partial charge in [0.15, 0.2) is 0 Å². The van der Waals surface area contributed by atoms with Crippen LogP contribution < -0.4 is 0 Å². The summed E-state index contributed by atoms with van der Waals surface area (Å²) in [5.74, 6) is 0. The van der Waals surface area contributed by atoms with Gasteiger partial charge in [0, 0.05) is 33.5 Å². The fourth-order valence-electron chi connectivity index (χ4n) is 0.253. The summed E-state index contributed by atoms with van der Waals surface area (Å²) in [5.41, 5.74) is 0. The zero-order chi connectivity index (χ0) is 4.24. The Hall–Kier alpha value is -0.232. The Kier molecular flexibility index (Phi) is 3.81. The fraction of sp³-hybridized carbons (Fsp3) is 0. The first-order valence-electron chi connectivity index (χ1n) is 1.70. The summed E-state index contributed by atoms with van der Waals surface area (Å²) in [6.07, 6.45) is 4.88. The van der Waals surface area contributed by atoms with Gasteiger partial charge in [-0.15, -0.1) is 0 Å². The molecular weight excluding hydrogens is 271 g/mol. The Morgan fingerprint density at radius 3 is 1.71 bits per heavy atom. The monoisotopic (exact) mass is 275 g/mol. The minimum absolute atomic E-state index is 0. The van der Waals surface area contributed by atoms with E-state index in [1.54, 1.807) is 18.5 Å². The van der Waals surface area contributed by atoms with Crippen molar-refractivity contribution in [3.05, 3.63) is 24.8 Å². The van der Waals surface area contributed by atoms with Crippen LogP contribution in [-0.4, -0.2) is 9.97 Å². The summed E-state index contributed by atoms with van der Waals surface area (Å²) < 4.78 is 0. The molecule has 2 nitrogen and oxygen atoms in total. The SMILES string of the molecule is [Pt].c1cncnc1. The molecular formula is C4H4N2Pt. The molecule has 0 saturated carbocycles. The van der Waals surface area contributed by atoms with E-state index in [2.05, 4.69) is 9.97 Å². The summed E-state index contributed by atoms with van der Waals surface area (Å²) in [6.45, 7) is 0. The summed E-state index contributed by atoms with van der Waals surface area (Å²) >= 11 is 0. The van der Waals surface area contributed by atoms with E-state index in [1.807, 2.05) is 0 Å². The number of rotatable bonds is 0. The zero-order valence-electron chi connectivity index (χ0n) is 3.52. The second kappa shape index (κ2) is 3.94. The van der Waals surface area contributed by atoms with Crippen molar-refractivity contribution >= 4 is 0 Å². The molecule has 0 aliphatic rings. The van der Waals surface area contributed by atoms with Gasteiger partial charge in [0.1, 0.15) is 6.33 Å². The Balaban J connectivity index is 0.000000360. The van der Waals surface area contributed by atoms with Crippen LogP contribution in [0.5, 0.6) is 0 Å². The molecule has 0 radical (unpaired) electrons. The molecule has 7 heavy (non-hydrogen) atoms. The molecule has 0 N–H and O–H groups in total. The molecule has 0 aromatic carbocycles. The Labute approximate surface area is 56.3 Å². The van der Waals surface area contributed by atoms with Crippen molar-refractivity contribution in [2.75, 3.05) is 0 Å². The zero-order valence-corrected chi connectivity index (χ0v) is 5.79. The quantitative estimate of drug-likeness (QED) is 0.688. The van der Waals surface area contributed by atoms with Crippen molar-refractivity contribution in [1.29, 1.82) is 0 Å². The summed E-state index contributed by atoms with van der Waals surface area (Å²) in [4.78, 5) is 7.35. The Bertz CT molecular complexity index is 81.6. The standard InChI is InChI=1S/C4H4N2.Pt/c1-2-5-4-6-3-1;/h1-4H;. The average molecular weight is 275 g/mol. The molecule has 0 fully saturated rings. The van der Waals surface area contributed by atoms with E-state index in [4.69, 9.17) is 0 Å². The van der Waals surface area contributed by atoms with Gasteiger partial charge in [-0.2, -0.15) is 0 Å². The smallest absolute Gasteiger partial charge is 0.115 e. The maximum atomic E-state index is 3.67. The van der Waals surface area contributed by atoms with Gasteiger partial charge in [-0.1, -0.05) is 0 Å². The number of nitrogens with zero attached hydrogens (tertiary/aromatic N) is 2. The van der Waals surface area contributed by atoms with E-state index >= 15 is 0 Å².